The normalized spacial score (nSPS) is 15.4. The van der Waals surface area contributed by atoms with Crippen LogP contribution in [0.5, 0.6) is 17.2 Å². The Bertz CT molecular complexity index is 1310. The molecule has 1 heterocycles. The van der Waals surface area contributed by atoms with Crippen molar-refractivity contribution in [2.24, 2.45) is 0 Å². The third-order valence-corrected chi connectivity index (χ3v) is 9.31. The molecule has 1 amide bonds. The van der Waals surface area contributed by atoms with Crippen LogP contribution in [0.2, 0.25) is 0 Å². The molecule has 1 aliphatic rings. The molecule has 0 unspecified atom stereocenters. The number of ether oxygens (including phenoxy) is 3. The Balaban J connectivity index is 1.57. The zero-order chi connectivity index (χ0) is 27.9. The van der Waals surface area contributed by atoms with Crippen LogP contribution in [-0.4, -0.2) is 79.8 Å². The molecule has 0 saturated carbocycles. The van der Waals surface area contributed by atoms with Gasteiger partial charge in [0, 0.05) is 19.2 Å². The third kappa shape index (κ3) is 7.08. The van der Waals surface area contributed by atoms with Crippen molar-refractivity contribution in [1.29, 1.82) is 0 Å². The second-order valence-electron chi connectivity index (χ2n) is 8.85. The summed E-state index contributed by atoms with van der Waals surface area (Å²) >= 11 is 0. The van der Waals surface area contributed by atoms with E-state index in [-0.39, 0.29) is 23.7 Å². The lowest BCUT2D eigenvalue weighted by Crippen LogP contribution is -2.48. The van der Waals surface area contributed by atoms with Crippen molar-refractivity contribution >= 4 is 31.6 Å². The summed E-state index contributed by atoms with van der Waals surface area (Å²) in [5.41, 5.74) is 0.253. The summed E-state index contributed by atoms with van der Waals surface area (Å²) in [7, 11) is -4.43. The van der Waals surface area contributed by atoms with Crippen LogP contribution in [0.1, 0.15) is 26.2 Å². The highest BCUT2D eigenvalue weighted by Crippen LogP contribution is 2.33. The Labute approximate surface area is 224 Å². The van der Waals surface area contributed by atoms with Gasteiger partial charge in [0.1, 0.15) is 18.4 Å². The summed E-state index contributed by atoms with van der Waals surface area (Å²) in [6.07, 6.45) is 3.78. The molecule has 210 valence electrons. The molecule has 3 rings (SSSR count). The number of benzene rings is 2. The molecule has 0 bridgehead atoms. The van der Waals surface area contributed by atoms with Gasteiger partial charge in [-0.2, -0.15) is 4.31 Å². The van der Waals surface area contributed by atoms with Crippen LogP contribution in [0, 0.1) is 0 Å². The van der Waals surface area contributed by atoms with E-state index < -0.39 is 32.0 Å². The van der Waals surface area contributed by atoms with Gasteiger partial charge in [-0.3, -0.25) is 9.10 Å². The van der Waals surface area contributed by atoms with Crippen molar-refractivity contribution in [3.8, 4) is 17.2 Å². The van der Waals surface area contributed by atoms with Crippen LogP contribution in [0.3, 0.4) is 0 Å². The summed E-state index contributed by atoms with van der Waals surface area (Å²) in [4.78, 5) is 13.0. The van der Waals surface area contributed by atoms with Crippen molar-refractivity contribution in [1.82, 2.24) is 9.62 Å². The number of amides is 1. The van der Waals surface area contributed by atoms with E-state index in [1.54, 1.807) is 18.2 Å². The summed E-state index contributed by atoms with van der Waals surface area (Å²) in [5, 5.41) is 2.68. The fourth-order valence-corrected chi connectivity index (χ4v) is 6.91. The van der Waals surface area contributed by atoms with Gasteiger partial charge in [-0.25, -0.2) is 16.8 Å². The second kappa shape index (κ2) is 12.7. The van der Waals surface area contributed by atoms with E-state index in [2.05, 4.69) is 5.32 Å². The molecule has 11 nitrogen and oxygen atoms in total. The highest BCUT2D eigenvalue weighted by molar-refractivity contribution is 7.92. The number of carbonyl (C=O) groups excluding carboxylic acids is 1. The van der Waals surface area contributed by atoms with Gasteiger partial charge in [-0.1, -0.05) is 6.42 Å². The maximum absolute atomic E-state index is 12.8. The lowest BCUT2D eigenvalue weighted by atomic mass is 10.2. The Hall–Kier alpha value is -3.03. The second-order valence-corrected chi connectivity index (χ2v) is 12.6. The monoisotopic (exact) mass is 569 g/mol. The first-order valence-electron chi connectivity index (χ1n) is 12.2. The average molecular weight is 570 g/mol. The maximum Gasteiger partial charge on any atom is 0.243 e. The van der Waals surface area contributed by atoms with Crippen LogP contribution in [0.15, 0.2) is 47.4 Å². The minimum atomic E-state index is -3.81. The summed E-state index contributed by atoms with van der Waals surface area (Å²) < 4.78 is 69.2. The third-order valence-electron chi connectivity index (χ3n) is 6.16. The number of nitrogens with zero attached hydrogens (tertiary/aromatic N) is 2. The maximum atomic E-state index is 12.8. The lowest BCUT2D eigenvalue weighted by molar-refractivity contribution is -0.121. The van der Waals surface area contributed by atoms with Gasteiger partial charge in [0.2, 0.25) is 26.0 Å². The number of methoxy groups -OCH3 is 2. The average Bonchev–Trinajstić information content (AvgIpc) is 2.90. The largest absolute Gasteiger partial charge is 0.493 e. The minimum Gasteiger partial charge on any atom is -0.493 e. The molecule has 1 N–H and O–H groups in total. The molecule has 13 heteroatoms. The number of nitrogens with one attached hydrogen (secondary N) is 1. The number of anilines is 1. The van der Waals surface area contributed by atoms with Gasteiger partial charge in [0.15, 0.2) is 11.5 Å². The number of sulfonamides is 2. The van der Waals surface area contributed by atoms with Crippen molar-refractivity contribution in [2.75, 3.05) is 51.0 Å². The fraction of sp³-hybridized carbons (Fsp3) is 0.480. The topological polar surface area (TPSA) is 132 Å². The molecule has 0 spiro atoms. The van der Waals surface area contributed by atoms with Crippen LogP contribution in [0.25, 0.3) is 0 Å². The molecule has 2 aromatic carbocycles. The minimum absolute atomic E-state index is 0.103. The van der Waals surface area contributed by atoms with Crippen LogP contribution in [-0.2, 0) is 24.8 Å². The van der Waals surface area contributed by atoms with E-state index in [0.29, 0.717) is 30.3 Å². The summed E-state index contributed by atoms with van der Waals surface area (Å²) in [6, 6.07) is 9.69. The van der Waals surface area contributed by atoms with E-state index in [4.69, 9.17) is 14.2 Å². The molecule has 1 saturated heterocycles. The van der Waals surface area contributed by atoms with Gasteiger partial charge in [-0.05, 0) is 56.2 Å². The molecule has 38 heavy (non-hydrogen) atoms. The zero-order valence-corrected chi connectivity index (χ0v) is 23.7. The van der Waals surface area contributed by atoms with Gasteiger partial charge >= 0.3 is 0 Å². The number of piperidine rings is 1. The summed E-state index contributed by atoms with van der Waals surface area (Å²) in [6.45, 7) is 2.75. The molecule has 1 aliphatic heterocycles. The van der Waals surface area contributed by atoms with E-state index in [0.717, 1.165) is 29.8 Å². The molecule has 0 aromatic heterocycles. The molecule has 2 aromatic rings. The van der Waals surface area contributed by atoms with Gasteiger partial charge < -0.3 is 19.5 Å². The van der Waals surface area contributed by atoms with E-state index in [1.165, 1.54) is 49.7 Å². The fourth-order valence-electron chi connectivity index (χ4n) is 4.22. The van der Waals surface area contributed by atoms with E-state index in [9.17, 15) is 21.6 Å². The Morgan fingerprint density at radius 3 is 2.18 bits per heavy atom. The van der Waals surface area contributed by atoms with E-state index in [1.807, 2.05) is 0 Å². The van der Waals surface area contributed by atoms with Crippen LogP contribution < -0.4 is 23.8 Å². The molecule has 1 atom stereocenters. The highest BCUT2D eigenvalue weighted by atomic mass is 32.2. The van der Waals surface area contributed by atoms with Gasteiger partial charge in [0.05, 0.1) is 37.6 Å². The number of rotatable bonds is 12. The summed E-state index contributed by atoms with van der Waals surface area (Å²) in [5.74, 6) is 0.690. The van der Waals surface area contributed by atoms with Crippen molar-refractivity contribution in [2.45, 2.75) is 37.1 Å². The first kappa shape index (κ1) is 29.5. The predicted octanol–water partition coefficient (Wildman–Crippen LogP) is 2.23. The van der Waals surface area contributed by atoms with Gasteiger partial charge in [0.25, 0.3) is 0 Å². The van der Waals surface area contributed by atoms with Gasteiger partial charge in [-0.15, -0.1) is 0 Å². The predicted molar refractivity (Wildman–Crippen MR) is 144 cm³/mol. The molecular weight excluding hydrogens is 534 g/mol. The lowest BCUT2D eigenvalue weighted by Gasteiger charge is -2.28. The Kier molecular flexibility index (Phi) is 9.85. The molecular formula is C25H35N3O8S2. The number of hydrogen-bond donors (Lipinski definition) is 1. The highest BCUT2D eigenvalue weighted by Gasteiger charge is 2.30. The molecule has 0 aliphatic carbocycles. The Morgan fingerprint density at radius 1 is 0.974 bits per heavy atom. The van der Waals surface area contributed by atoms with E-state index >= 15 is 0 Å². The Morgan fingerprint density at radius 2 is 1.61 bits per heavy atom. The van der Waals surface area contributed by atoms with Crippen molar-refractivity contribution < 1.29 is 35.8 Å². The SMILES string of the molecule is COc1ccc(N([C@H](C)C(=O)NCCOc2ccc(S(=O)(=O)N3CCCCC3)cc2)S(C)(=O)=O)cc1OC. The first-order chi connectivity index (χ1) is 18.0. The van der Waals surface area contributed by atoms with Crippen LogP contribution >= 0.6 is 0 Å². The molecule has 0 radical (unpaired) electrons. The standard InChI is InChI=1S/C25H35N3O8S2/c1-19(28(37(4,30)31)20-8-13-23(34-2)24(18-20)35-3)25(29)26-14-17-36-21-9-11-22(12-10-21)38(32,33)27-15-6-5-7-16-27/h8-13,18-19H,5-7,14-17H2,1-4H3,(H,26,29)/t19-/m1/s1. The number of hydrogen-bond acceptors (Lipinski definition) is 8. The molecule has 1 fully saturated rings. The van der Waals surface area contributed by atoms with Crippen molar-refractivity contribution in [3.63, 3.8) is 0 Å². The smallest absolute Gasteiger partial charge is 0.243 e. The zero-order valence-electron chi connectivity index (χ0n) is 22.0. The quantitative estimate of drug-likeness (QED) is 0.385. The number of carbonyl (C=O) groups is 1. The van der Waals surface area contributed by atoms with Crippen LogP contribution in [0.4, 0.5) is 5.69 Å². The van der Waals surface area contributed by atoms with Crippen molar-refractivity contribution in [3.05, 3.63) is 42.5 Å². The first-order valence-corrected chi connectivity index (χ1v) is 15.5.